The van der Waals surface area contributed by atoms with E-state index in [1.165, 1.54) is 66.1 Å². The van der Waals surface area contributed by atoms with E-state index >= 15 is 0 Å². The number of rotatable bonds is 30. The largest absolute Gasteiger partial charge is 0.379 e. The molecule has 6 rings (SSSR count). The number of carbonyl (C=O) groups is 2. The number of benzene rings is 4. The Balaban J connectivity index is 0.749. The number of aromatic nitrogens is 2. The summed E-state index contributed by atoms with van der Waals surface area (Å²) in [7, 11) is 8.32. The van der Waals surface area contributed by atoms with E-state index < -0.39 is 0 Å². The Hall–Kier alpha value is -5.36. The Morgan fingerprint density at radius 2 is 0.812 bits per heavy atom. The highest BCUT2D eigenvalue weighted by Crippen LogP contribution is 2.28. The second-order valence-corrected chi connectivity index (χ2v) is 19.7. The molecule has 0 unspecified atom stereocenters. The second-order valence-electron chi connectivity index (χ2n) is 19.7. The van der Waals surface area contributed by atoms with Crippen LogP contribution in [0.3, 0.4) is 0 Å². The van der Waals surface area contributed by atoms with Crippen molar-refractivity contribution >= 4 is 66.8 Å². The number of pyridine rings is 2. The highest BCUT2D eigenvalue weighted by atomic mass is 16.5. The Kier molecular flexibility index (Phi) is 20.8. The maximum absolute atomic E-state index is 12.6. The minimum atomic E-state index is 0.100. The van der Waals surface area contributed by atoms with E-state index in [4.69, 9.17) is 14.2 Å². The molecule has 2 heterocycles. The van der Waals surface area contributed by atoms with Crippen molar-refractivity contribution in [2.24, 2.45) is 0 Å². The van der Waals surface area contributed by atoms with Gasteiger partial charge >= 0.3 is 0 Å². The zero-order valence-corrected chi connectivity index (χ0v) is 43.2. The van der Waals surface area contributed by atoms with Crippen LogP contribution >= 0.6 is 0 Å². The van der Waals surface area contributed by atoms with Gasteiger partial charge < -0.3 is 34.6 Å². The van der Waals surface area contributed by atoms with Crippen LogP contribution in [-0.4, -0.2) is 92.7 Å². The minimum absolute atomic E-state index is 0.100. The van der Waals surface area contributed by atoms with Gasteiger partial charge in [0.1, 0.15) is 13.1 Å². The van der Waals surface area contributed by atoms with Gasteiger partial charge in [0.05, 0.1) is 26.4 Å². The molecule has 0 aliphatic heterocycles. The maximum Gasteiger partial charge on any atom is 0.219 e. The Morgan fingerprint density at radius 3 is 1.19 bits per heavy atom. The van der Waals surface area contributed by atoms with Crippen LogP contribution in [0.4, 0.5) is 11.4 Å². The molecule has 11 heteroatoms. The lowest BCUT2D eigenvalue weighted by atomic mass is 9.98. The summed E-state index contributed by atoms with van der Waals surface area (Å²) in [5.74, 6) is 1.15. The molecule has 0 saturated heterocycles. The summed E-state index contributed by atoms with van der Waals surface area (Å²) in [5.41, 5.74) is 10.1. The van der Waals surface area contributed by atoms with Gasteiger partial charge in [-0.3, -0.25) is 9.59 Å². The lowest BCUT2D eigenvalue weighted by Gasteiger charge is -2.15. The number of carbonyl (C=O) groups excluding carboxylic acids is 2. The Morgan fingerprint density at radius 1 is 0.449 bits per heavy atom. The fourth-order valence-corrected chi connectivity index (χ4v) is 8.95. The number of nitrogens with zero attached hydrogens (tertiary/aromatic N) is 4. The van der Waals surface area contributed by atoms with Crippen molar-refractivity contribution < 1.29 is 32.9 Å². The first kappa shape index (κ1) is 53.0. The summed E-state index contributed by atoms with van der Waals surface area (Å²) in [6, 6.07) is 31.8. The molecule has 0 fully saturated rings. The molecular formula is C58H82N6O5+2. The molecule has 2 aromatic heterocycles. The fourth-order valence-electron chi connectivity index (χ4n) is 8.95. The number of fused-ring (bicyclic) bond motifs is 4. The van der Waals surface area contributed by atoms with E-state index in [0.29, 0.717) is 77.4 Å². The molecule has 11 nitrogen and oxygen atoms in total. The van der Waals surface area contributed by atoms with Gasteiger partial charge in [-0.15, -0.1) is 0 Å². The van der Waals surface area contributed by atoms with Crippen LogP contribution < -0.4 is 29.6 Å². The number of nitrogens with one attached hydrogen (secondary N) is 2. The average Bonchev–Trinajstić information content (AvgIpc) is 3.33. The first-order valence-electron chi connectivity index (χ1n) is 25.8. The molecule has 0 aliphatic rings. The third-order valence-corrected chi connectivity index (χ3v) is 13.2. The van der Waals surface area contributed by atoms with Crippen molar-refractivity contribution in [3.8, 4) is 0 Å². The summed E-state index contributed by atoms with van der Waals surface area (Å²) >= 11 is 0. The molecule has 2 amide bonds. The number of anilines is 2. The minimum Gasteiger partial charge on any atom is -0.379 e. The van der Waals surface area contributed by atoms with Gasteiger partial charge in [-0.1, -0.05) is 39.8 Å². The van der Waals surface area contributed by atoms with Crippen molar-refractivity contribution in [3.05, 3.63) is 96.1 Å². The maximum atomic E-state index is 12.6. The first-order valence-corrected chi connectivity index (χ1v) is 25.8. The van der Waals surface area contributed by atoms with Gasteiger partial charge in [-0.2, -0.15) is 9.13 Å². The van der Waals surface area contributed by atoms with Crippen molar-refractivity contribution in [1.29, 1.82) is 0 Å². The molecule has 69 heavy (non-hydrogen) atoms. The third kappa shape index (κ3) is 15.8. The van der Waals surface area contributed by atoms with E-state index in [-0.39, 0.29) is 11.8 Å². The lowest BCUT2D eigenvalue weighted by molar-refractivity contribution is -0.646. The number of hydrogen-bond acceptors (Lipinski definition) is 7. The van der Waals surface area contributed by atoms with E-state index in [0.717, 1.165) is 64.5 Å². The smallest absolute Gasteiger partial charge is 0.219 e. The third-order valence-electron chi connectivity index (χ3n) is 13.2. The van der Waals surface area contributed by atoms with Crippen molar-refractivity contribution in [1.82, 2.24) is 10.6 Å². The number of ether oxygens (including phenoxy) is 3. The molecule has 0 atom stereocenters. The predicted molar refractivity (Wildman–Crippen MR) is 285 cm³/mol. The SMILES string of the molecule is CC(C)c1ccc2cc3ccc(C(C)C)cc3[n+](CCCCCC(=O)NCCCOCCOCCOCCCNC(=O)CCCCC[n+]3c4cc(N(C)C)ccc4cc4ccc(N(C)C)cc43)c2c1. The summed E-state index contributed by atoms with van der Waals surface area (Å²) in [6.07, 6.45) is 8.36. The average molecular weight is 943 g/mol. The van der Waals surface area contributed by atoms with Crippen molar-refractivity contribution in [2.75, 3.05) is 90.7 Å². The fraction of sp³-hybridized carbons (Fsp3) is 0.517. The molecule has 4 aromatic carbocycles. The van der Waals surface area contributed by atoms with Gasteiger partial charge in [-0.05, 0) is 110 Å². The van der Waals surface area contributed by atoms with Gasteiger partial charge in [0.15, 0.2) is 0 Å². The highest BCUT2D eigenvalue weighted by Gasteiger charge is 2.20. The van der Waals surface area contributed by atoms with Crippen LogP contribution in [0.1, 0.15) is 115 Å². The molecule has 0 saturated carbocycles. The van der Waals surface area contributed by atoms with Crippen LogP contribution in [0, 0.1) is 0 Å². The summed E-state index contributed by atoms with van der Waals surface area (Å²) < 4.78 is 22.0. The van der Waals surface area contributed by atoms with Crippen LogP contribution in [-0.2, 0) is 36.9 Å². The van der Waals surface area contributed by atoms with E-state index in [2.05, 4.69) is 170 Å². The zero-order chi connectivity index (χ0) is 49.1. The summed E-state index contributed by atoms with van der Waals surface area (Å²) in [4.78, 5) is 29.4. The van der Waals surface area contributed by atoms with Crippen LogP contribution in [0.5, 0.6) is 0 Å². The van der Waals surface area contributed by atoms with Crippen LogP contribution in [0.15, 0.2) is 84.9 Å². The monoisotopic (exact) mass is 943 g/mol. The molecule has 372 valence electrons. The molecule has 0 bridgehead atoms. The number of amides is 2. The highest BCUT2D eigenvalue weighted by molar-refractivity contribution is 5.92. The first-order chi connectivity index (χ1) is 33.4. The van der Waals surface area contributed by atoms with Gasteiger partial charge in [0.2, 0.25) is 33.9 Å². The molecule has 6 aromatic rings. The van der Waals surface area contributed by atoms with Gasteiger partial charge in [0.25, 0.3) is 0 Å². The molecule has 0 radical (unpaired) electrons. The lowest BCUT2D eigenvalue weighted by Crippen LogP contribution is -2.36. The number of aryl methyl sites for hydroxylation is 2. The molecule has 2 N–H and O–H groups in total. The Labute approximate surface area is 412 Å². The summed E-state index contributed by atoms with van der Waals surface area (Å²) in [5, 5.41) is 11.1. The molecule has 0 spiro atoms. The van der Waals surface area contributed by atoms with Gasteiger partial charge in [0, 0.05) is 137 Å². The van der Waals surface area contributed by atoms with Crippen LogP contribution in [0.25, 0.3) is 43.6 Å². The summed E-state index contributed by atoms with van der Waals surface area (Å²) in [6.45, 7) is 15.2. The predicted octanol–water partition coefficient (Wildman–Crippen LogP) is 10.1. The van der Waals surface area contributed by atoms with Crippen molar-refractivity contribution in [3.63, 3.8) is 0 Å². The molecular weight excluding hydrogens is 861 g/mol. The standard InChI is InChI=1S/C58H80N6O5/c1-43(2)45-19-21-47-37-48-22-20-46(44(3)4)40-54(48)63(53(47)39-45)29-13-9-11-17-57(65)59-27-15-31-67-33-35-69-36-34-68-32-16-28-60-58(66)18-12-10-14-30-64-55-41-51(61(5)6)25-23-49(55)38-50-24-26-52(62(7)8)42-56(50)64/h19-26,37-44H,9-18,27-36H2,1-8H3/p+2. The van der Waals surface area contributed by atoms with Crippen LogP contribution in [0.2, 0.25) is 0 Å². The Bertz CT molecular complexity index is 2280. The second kappa shape index (κ2) is 27.1. The van der Waals surface area contributed by atoms with E-state index in [9.17, 15) is 9.59 Å². The van der Waals surface area contributed by atoms with E-state index in [1.807, 2.05) is 0 Å². The zero-order valence-electron chi connectivity index (χ0n) is 43.2. The number of hydrogen-bond donors (Lipinski definition) is 2. The van der Waals surface area contributed by atoms with Gasteiger partial charge in [-0.25, -0.2) is 0 Å². The van der Waals surface area contributed by atoms with E-state index in [1.54, 1.807) is 0 Å². The van der Waals surface area contributed by atoms with Crippen molar-refractivity contribution in [2.45, 2.75) is 117 Å². The topological polar surface area (TPSA) is 100 Å². The number of unbranched alkanes of at least 4 members (excludes halogenated alkanes) is 4. The quantitative estimate of drug-likeness (QED) is 0.0264. The molecule has 0 aliphatic carbocycles. The normalized spacial score (nSPS) is 11.7.